The first kappa shape index (κ1) is 14.6. The van der Waals surface area contributed by atoms with Gasteiger partial charge in [0.05, 0.1) is 17.2 Å². The number of nitrogens with zero attached hydrogens (tertiary/aromatic N) is 3. The third-order valence-corrected chi connectivity index (χ3v) is 3.52. The first-order valence-electron chi connectivity index (χ1n) is 6.35. The number of hydrogen-bond donors (Lipinski definition) is 1. The second-order valence-corrected chi connectivity index (χ2v) is 5.86. The molecule has 2 aromatic heterocycles. The van der Waals surface area contributed by atoms with Crippen LogP contribution in [-0.4, -0.2) is 34.4 Å². The Hall–Kier alpha value is -1.79. The number of anilines is 1. The quantitative estimate of drug-likeness (QED) is 0.917. The summed E-state index contributed by atoms with van der Waals surface area (Å²) in [6.07, 6.45) is 1.69. The highest BCUT2D eigenvalue weighted by molar-refractivity contribution is 7.09. The molecule has 0 unspecified atom stereocenters. The number of hydrogen-bond acceptors (Lipinski definition) is 5. The number of pyridine rings is 1. The fourth-order valence-corrected chi connectivity index (χ4v) is 2.45. The Morgan fingerprint density at radius 1 is 1.45 bits per heavy atom. The Balaban J connectivity index is 1.84. The van der Waals surface area contributed by atoms with Crippen molar-refractivity contribution in [2.24, 2.45) is 0 Å². The van der Waals surface area contributed by atoms with Crippen molar-refractivity contribution in [3.8, 4) is 0 Å². The van der Waals surface area contributed by atoms with Gasteiger partial charge in [0.1, 0.15) is 5.82 Å². The van der Waals surface area contributed by atoms with Crippen LogP contribution in [0.1, 0.15) is 16.3 Å². The summed E-state index contributed by atoms with van der Waals surface area (Å²) < 4.78 is 0. The molecule has 2 aromatic rings. The van der Waals surface area contributed by atoms with Crippen LogP contribution in [0.5, 0.6) is 0 Å². The minimum atomic E-state index is -0.0717. The number of amides is 1. The molecule has 106 valence electrons. The summed E-state index contributed by atoms with van der Waals surface area (Å²) in [5.41, 5.74) is 2.07. The smallest absolute Gasteiger partial charge is 0.239 e. The summed E-state index contributed by atoms with van der Waals surface area (Å²) in [6, 6.07) is 3.74. The summed E-state index contributed by atoms with van der Waals surface area (Å²) in [5, 5.41) is 5.86. The summed E-state index contributed by atoms with van der Waals surface area (Å²) in [4.78, 5) is 22.3. The van der Waals surface area contributed by atoms with E-state index < -0.39 is 0 Å². The molecule has 0 aliphatic carbocycles. The number of nitrogens with one attached hydrogen (secondary N) is 1. The lowest BCUT2D eigenvalue weighted by Crippen LogP contribution is -2.30. The average Bonchev–Trinajstić information content (AvgIpc) is 2.74. The van der Waals surface area contributed by atoms with Crippen molar-refractivity contribution in [1.29, 1.82) is 0 Å². The van der Waals surface area contributed by atoms with Gasteiger partial charge >= 0.3 is 0 Å². The zero-order valence-electron chi connectivity index (χ0n) is 11.9. The maximum Gasteiger partial charge on any atom is 0.239 e. The van der Waals surface area contributed by atoms with E-state index in [1.807, 2.05) is 43.3 Å². The third kappa shape index (κ3) is 4.40. The van der Waals surface area contributed by atoms with Crippen LogP contribution in [0.25, 0.3) is 0 Å². The van der Waals surface area contributed by atoms with Crippen LogP contribution in [0.15, 0.2) is 23.7 Å². The molecular formula is C14H18N4OS. The Morgan fingerprint density at radius 2 is 2.25 bits per heavy atom. The summed E-state index contributed by atoms with van der Waals surface area (Å²) in [5.74, 6) is 0.519. The maximum absolute atomic E-state index is 11.9. The standard InChI is InChI=1S/C14H18N4OS/c1-10-4-5-15-13(6-10)17-14(19)8-18(3)7-12-9-20-11(2)16-12/h4-6,9H,7-8H2,1-3H3,(H,15,17,19). The van der Waals surface area contributed by atoms with Gasteiger partial charge in [-0.2, -0.15) is 0 Å². The van der Waals surface area contributed by atoms with Gasteiger partial charge in [-0.15, -0.1) is 11.3 Å². The van der Waals surface area contributed by atoms with Crippen LogP contribution in [0, 0.1) is 13.8 Å². The zero-order valence-corrected chi connectivity index (χ0v) is 12.7. The fraction of sp³-hybridized carbons (Fsp3) is 0.357. The molecule has 0 spiro atoms. The minimum absolute atomic E-state index is 0.0717. The topological polar surface area (TPSA) is 58.1 Å². The van der Waals surface area contributed by atoms with Gasteiger partial charge in [-0.3, -0.25) is 9.69 Å². The normalized spacial score (nSPS) is 10.8. The van der Waals surface area contributed by atoms with Gasteiger partial charge < -0.3 is 5.32 Å². The van der Waals surface area contributed by atoms with Gasteiger partial charge in [0.2, 0.25) is 5.91 Å². The van der Waals surface area contributed by atoms with Gasteiger partial charge in [-0.1, -0.05) is 0 Å². The molecule has 5 nitrogen and oxygen atoms in total. The Bertz CT molecular complexity index is 596. The number of likely N-dealkylation sites (N-methyl/N-ethyl adjacent to an activating group) is 1. The molecule has 0 saturated carbocycles. The largest absolute Gasteiger partial charge is 0.310 e. The molecule has 20 heavy (non-hydrogen) atoms. The van der Waals surface area contributed by atoms with E-state index in [9.17, 15) is 4.79 Å². The number of carbonyl (C=O) groups excluding carboxylic acids is 1. The van der Waals surface area contributed by atoms with Gasteiger partial charge in [-0.05, 0) is 38.6 Å². The molecule has 2 heterocycles. The molecule has 0 aliphatic heterocycles. The van der Waals surface area contributed by atoms with Gasteiger partial charge in [0, 0.05) is 18.1 Å². The molecule has 6 heteroatoms. The highest BCUT2D eigenvalue weighted by Gasteiger charge is 2.09. The minimum Gasteiger partial charge on any atom is -0.310 e. The molecule has 0 aliphatic rings. The van der Waals surface area contributed by atoms with Crippen LogP contribution >= 0.6 is 11.3 Å². The highest BCUT2D eigenvalue weighted by atomic mass is 32.1. The van der Waals surface area contributed by atoms with Gasteiger partial charge in [0.15, 0.2) is 0 Å². The molecule has 0 radical (unpaired) electrons. The lowest BCUT2D eigenvalue weighted by atomic mass is 10.3. The van der Waals surface area contributed by atoms with E-state index in [1.54, 1.807) is 17.5 Å². The first-order valence-corrected chi connectivity index (χ1v) is 7.23. The first-order chi connectivity index (χ1) is 9.52. The van der Waals surface area contributed by atoms with E-state index in [2.05, 4.69) is 15.3 Å². The van der Waals surface area contributed by atoms with E-state index in [4.69, 9.17) is 0 Å². The molecule has 0 fully saturated rings. The van der Waals surface area contributed by atoms with Crippen molar-refractivity contribution in [2.75, 3.05) is 18.9 Å². The van der Waals surface area contributed by atoms with Crippen molar-refractivity contribution < 1.29 is 4.79 Å². The predicted molar refractivity (Wildman–Crippen MR) is 80.8 cm³/mol. The molecule has 1 amide bonds. The fourth-order valence-electron chi connectivity index (χ4n) is 1.85. The van der Waals surface area contributed by atoms with Crippen molar-refractivity contribution in [3.05, 3.63) is 40.0 Å². The van der Waals surface area contributed by atoms with Crippen molar-refractivity contribution in [3.63, 3.8) is 0 Å². The van der Waals surface area contributed by atoms with Crippen molar-refractivity contribution in [2.45, 2.75) is 20.4 Å². The Kier molecular flexibility index (Phi) is 4.81. The van der Waals surface area contributed by atoms with E-state index in [0.717, 1.165) is 16.3 Å². The summed E-state index contributed by atoms with van der Waals surface area (Å²) in [7, 11) is 1.90. The van der Waals surface area contributed by atoms with Crippen LogP contribution in [0.3, 0.4) is 0 Å². The number of aryl methyl sites for hydroxylation is 2. The van der Waals surface area contributed by atoms with Crippen molar-refractivity contribution in [1.82, 2.24) is 14.9 Å². The predicted octanol–water partition coefficient (Wildman–Crippen LogP) is 2.23. The summed E-state index contributed by atoms with van der Waals surface area (Å²) in [6.45, 7) is 4.92. The van der Waals surface area contributed by atoms with Gasteiger partial charge in [0.25, 0.3) is 0 Å². The van der Waals surface area contributed by atoms with Gasteiger partial charge in [-0.25, -0.2) is 9.97 Å². The molecule has 0 aromatic carbocycles. The Labute approximate surface area is 122 Å². The summed E-state index contributed by atoms with van der Waals surface area (Å²) >= 11 is 1.62. The lowest BCUT2D eigenvalue weighted by molar-refractivity contribution is -0.117. The molecule has 1 N–H and O–H groups in total. The van der Waals surface area contributed by atoms with E-state index in [0.29, 0.717) is 18.9 Å². The lowest BCUT2D eigenvalue weighted by Gasteiger charge is -2.14. The van der Waals surface area contributed by atoms with Crippen molar-refractivity contribution >= 4 is 23.1 Å². The second-order valence-electron chi connectivity index (χ2n) is 4.80. The van der Waals surface area contributed by atoms with E-state index in [1.165, 1.54) is 0 Å². The maximum atomic E-state index is 11.9. The molecule has 0 bridgehead atoms. The van der Waals surface area contributed by atoms with Crippen LogP contribution in [0.4, 0.5) is 5.82 Å². The van der Waals surface area contributed by atoms with Crippen LogP contribution in [0.2, 0.25) is 0 Å². The third-order valence-electron chi connectivity index (χ3n) is 2.69. The number of aromatic nitrogens is 2. The Morgan fingerprint density at radius 3 is 2.90 bits per heavy atom. The molecule has 2 rings (SSSR count). The highest BCUT2D eigenvalue weighted by Crippen LogP contribution is 2.10. The van der Waals surface area contributed by atoms with Crippen LogP contribution in [-0.2, 0) is 11.3 Å². The molecular weight excluding hydrogens is 272 g/mol. The number of carbonyl (C=O) groups is 1. The average molecular weight is 290 g/mol. The van der Waals surface area contributed by atoms with E-state index in [-0.39, 0.29) is 5.91 Å². The van der Waals surface area contributed by atoms with E-state index >= 15 is 0 Å². The number of rotatable bonds is 5. The monoisotopic (exact) mass is 290 g/mol. The number of thiazole rings is 1. The SMILES string of the molecule is Cc1ccnc(NC(=O)CN(C)Cc2csc(C)n2)c1. The molecule has 0 atom stereocenters. The molecule has 0 saturated heterocycles. The zero-order chi connectivity index (χ0) is 14.5. The van der Waals surface area contributed by atoms with Crippen LogP contribution < -0.4 is 5.32 Å². The second kappa shape index (κ2) is 6.58.